The van der Waals surface area contributed by atoms with E-state index in [2.05, 4.69) is 5.32 Å². The van der Waals surface area contributed by atoms with Crippen LogP contribution < -0.4 is 5.32 Å². The molecule has 0 fully saturated rings. The summed E-state index contributed by atoms with van der Waals surface area (Å²) in [4.78, 5) is 36.6. The van der Waals surface area contributed by atoms with Crippen molar-refractivity contribution in [2.45, 2.75) is 58.6 Å². The number of Topliss-reactive ketones (excluding diaryl/α,β-unsaturated/α-hetero) is 1. The molecule has 0 bridgehead atoms. The number of hydrogen-bond donors (Lipinski definition) is 4. The lowest BCUT2D eigenvalue weighted by Crippen LogP contribution is -2.57. The zero-order valence-electron chi connectivity index (χ0n) is 16.9. The van der Waals surface area contributed by atoms with Gasteiger partial charge in [-0.15, -0.1) is 0 Å². The van der Waals surface area contributed by atoms with Gasteiger partial charge in [-0.3, -0.25) is 14.4 Å². The summed E-state index contributed by atoms with van der Waals surface area (Å²) in [6.45, 7) is 5.59. The normalized spacial score (nSPS) is 19.8. The van der Waals surface area contributed by atoms with Crippen molar-refractivity contribution in [3.05, 3.63) is 23.3 Å². The van der Waals surface area contributed by atoms with E-state index in [1.165, 1.54) is 0 Å². The Morgan fingerprint density at radius 2 is 1.79 bits per heavy atom. The van der Waals surface area contributed by atoms with Crippen LogP contribution in [-0.4, -0.2) is 64.4 Å². The number of ketones is 1. The van der Waals surface area contributed by atoms with E-state index in [1.54, 1.807) is 6.92 Å². The van der Waals surface area contributed by atoms with Crippen LogP contribution >= 0.6 is 0 Å². The van der Waals surface area contributed by atoms with Gasteiger partial charge >= 0.3 is 5.97 Å². The highest BCUT2D eigenvalue weighted by Crippen LogP contribution is 2.40. The van der Waals surface area contributed by atoms with Crippen molar-refractivity contribution in [3.63, 3.8) is 0 Å². The first kappa shape index (κ1) is 24.0. The summed E-state index contributed by atoms with van der Waals surface area (Å²) in [6.07, 6.45) is 2.69. The Kier molecular flexibility index (Phi) is 8.53. The zero-order chi connectivity index (χ0) is 21.5. The molecule has 0 saturated carbocycles. The molecule has 1 aliphatic rings. The topological polar surface area (TPSA) is 133 Å². The van der Waals surface area contributed by atoms with Crippen LogP contribution in [0.3, 0.4) is 0 Å². The summed E-state index contributed by atoms with van der Waals surface area (Å²) in [5.41, 5.74) is -0.408. The molecule has 1 unspecified atom stereocenters. The molecule has 1 aliphatic carbocycles. The van der Waals surface area contributed by atoms with Gasteiger partial charge in [0, 0.05) is 12.8 Å². The Hall–Kier alpha value is -2.03. The van der Waals surface area contributed by atoms with E-state index < -0.39 is 43.3 Å². The highest BCUT2D eigenvalue weighted by molar-refractivity contribution is 6.01. The number of nitrogens with one attached hydrogen (secondary N) is 1. The lowest BCUT2D eigenvalue weighted by molar-refractivity contribution is -0.156. The summed E-state index contributed by atoms with van der Waals surface area (Å²) < 4.78 is 5.32. The summed E-state index contributed by atoms with van der Waals surface area (Å²) >= 11 is 0. The number of rotatable bonds is 9. The van der Waals surface area contributed by atoms with Crippen LogP contribution in [0.4, 0.5) is 0 Å². The number of carbonyl (C=O) groups is 3. The Morgan fingerprint density at radius 1 is 1.21 bits per heavy atom. The van der Waals surface area contributed by atoms with E-state index in [1.807, 2.05) is 32.9 Å². The predicted molar refractivity (Wildman–Crippen MR) is 102 cm³/mol. The van der Waals surface area contributed by atoms with E-state index in [0.717, 1.165) is 5.57 Å². The molecule has 1 rings (SSSR count). The molecule has 0 aromatic heterocycles. The van der Waals surface area contributed by atoms with Gasteiger partial charge in [0.1, 0.15) is 5.54 Å². The quantitative estimate of drug-likeness (QED) is 0.414. The predicted octanol–water partition coefficient (Wildman–Crippen LogP) is 0.402. The van der Waals surface area contributed by atoms with E-state index in [-0.39, 0.29) is 24.0 Å². The molecule has 0 saturated heterocycles. The molecule has 0 radical (unpaired) electrons. The van der Waals surface area contributed by atoms with Crippen LogP contribution in [0.15, 0.2) is 23.3 Å². The second-order valence-electron chi connectivity index (χ2n) is 7.77. The van der Waals surface area contributed by atoms with Gasteiger partial charge in [-0.2, -0.15) is 0 Å². The van der Waals surface area contributed by atoms with Crippen LogP contribution in [0.2, 0.25) is 0 Å². The Morgan fingerprint density at radius 3 is 2.29 bits per heavy atom. The highest BCUT2D eigenvalue weighted by Gasteiger charge is 2.39. The molecule has 158 valence electrons. The fourth-order valence-electron chi connectivity index (χ4n) is 3.22. The van der Waals surface area contributed by atoms with Crippen LogP contribution in [0, 0.1) is 5.41 Å². The highest BCUT2D eigenvalue weighted by atomic mass is 16.5. The molecule has 28 heavy (non-hydrogen) atoms. The first-order chi connectivity index (χ1) is 13.1. The molecule has 0 aromatic carbocycles. The number of ether oxygens (including phenoxy) is 1. The Bertz CT molecular complexity index is 651. The third-order valence-electron chi connectivity index (χ3n) is 4.97. The smallest absolute Gasteiger partial charge is 0.307 e. The fourth-order valence-corrected chi connectivity index (χ4v) is 3.22. The van der Waals surface area contributed by atoms with E-state index in [4.69, 9.17) is 4.74 Å². The molecule has 8 heteroatoms. The van der Waals surface area contributed by atoms with Gasteiger partial charge in [0.25, 0.3) is 0 Å². The molecule has 0 spiro atoms. The molecular weight excluding hydrogens is 366 g/mol. The summed E-state index contributed by atoms with van der Waals surface area (Å²) in [5.74, 6) is -1.56. The molecule has 0 aliphatic heterocycles. The first-order valence-corrected chi connectivity index (χ1v) is 9.27. The van der Waals surface area contributed by atoms with Gasteiger partial charge in [0.15, 0.2) is 11.9 Å². The number of aliphatic hydroxyl groups excluding tert-OH is 3. The molecule has 1 amide bonds. The molecule has 0 aromatic rings. The molecule has 1 atom stereocenters. The summed E-state index contributed by atoms with van der Waals surface area (Å²) in [5, 5.41) is 29.9. The lowest BCUT2D eigenvalue weighted by atomic mass is 9.71. The van der Waals surface area contributed by atoms with Gasteiger partial charge in [0.2, 0.25) is 5.91 Å². The zero-order valence-corrected chi connectivity index (χ0v) is 16.9. The van der Waals surface area contributed by atoms with Gasteiger partial charge in [-0.05, 0) is 30.4 Å². The number of esters is 1. The minimum atomic E-state index is -1.55. The minimum absolute atomic E-state index is 0.245. The SMILES string of the molecule is CC=CC1=C(C)C(=O)C(OC(=O)CCC(=O)NC(CO)(CO)CO)CC1(C)C. The maximum absolute atomic E-state index is 12.5. The first-order valence-electron chi connectivity index (χ1n) is 9.27. The second-order valence-corrected chi connectivity index (χ2v) is 7.77. The van der Waals surface area contributed by atoms with Gasteiger partial charge in [0.05, 0.1) is 26.2 Å². The van der Waals surface area contributed by atoms with Crippen LogP contribution in [0.25, 0.3) is 0 Å². The maximum Gasteiger partial charge on any atom is 0.307 e. The van der Waals surface area contributed by atoms with Gasteiger partial charge < -0.3 is 25.4 Å². The number of aliphatic hydroxyl groups is 3. The molecule has 8 nitrogen and oxygen atoms in total. The number of allylic oxidation sites excluding steroid dienone is 3. The van der Waals surface area contributed by atoms with Crippen molar-refractivity contribution in [1.29, 1.82) is 0 Å². The molecular formula is C20H31NO7. The number of hydrogen-bond acceptors (Lipinski definition) is 7. The fraction of sp³-hybridized carbons (Fsp3) is 0.650. The second kappa shape index (κ2) is 9.95. The third-order valence-corrected chi connectivity index (χ3v) is 4.97. The van der Waals surface area contributed by atoms with Crippen molar-refractivity contribution >= 4 is 17.7 Å². The Labute approximate surface area is 165 Å². The lowest BCUT2D eigenvalue weighted by Gasteiger charge is -2.36. The van der Waals surface area contributed by atoms with Crippen LogP contribution in [-0.2, 0) is 19.1 Å². The maximum atomic E-state index is 12.5. The van der Waals surface area contributed by atoms with Crippen LogP contribution in [0.1, 0.15) is 47.0 Å². The average Bonchev–Trinajstić information content (AvgIpc) is 2.66. The summed E-state index contributed by atoms with van der Waals surface area (Å²) in [7, 11) is 0. The average molecular weight is 397 g/mol. The Balaban J connectivity index is 2.69. The van der Waals surface area contributed by atoms with Crippen molar-refractivity contribution < 1.29 is 34.4 Å². The van der Waals surface area contributed by atoms with E-state index >= 15 is 0 Å². The number of carbonyl (C=O) groups excluding carboxylic acids is 3. The molecule has 4 N–H and O–H groups in total. The minimum Gasteiger partial charge on any atom is -0.454 e. The van der Waals surface area contributed by atoms with Crippen LogP contribution in [0.5, 0.6) is 0 Å². The third kappa shape index (κ3) is 5.73. The van der Waals surface area contributed by atoms with Crippen molar-refractivity contribution in [2.24, 2.45) is 5.41 Å². The van der Waals surface area contributed by atoms with E-state index in [9.17, 15) is 29.7 Å². The van der Waals surface area contributed by atoms with Gasteiger partial charge in [-0.1, -0.05) is 26.0 Å². The number of amides is 1. The van der Waals surface area contributed by atoms with E-state index in [0.29, 0.717) is 12.0 Å². The van der Waals surface area contributed by atoms with Crippen molar-refractivity contribution in [1.82, 2.24) is 5.32 Å². The largest absolute Gasteiger partial charge is 0.454 e. The summed E-state index contributed by atoms with van der Waals surface area (Å²) in [6, 6.07) is 0. The molecule has 0 heterocycles. The standard InChI is InChI=1S/C20H31NO7/c1-5-6-14-13(2)18(27)15(9-19(14,3)4)28-17(26)8-7-16(25)21-20(10-22,11-23)12-24/h5-6,15,22-24H,7-12H2,1-4H3,(H,21,25). The monoisotopic (exact) mass is 397 g/mol. The van der Waals surface area contributed by atoms with Crippen molar-refractivity contribution in [2.75, 3.05) is 19.8 Å². The van der Waals surface area contributed by atoms with Crippen molar-refractivity contribution in [3.8, 4) is 0 Å². The van der Waals surface area contributed by atoms with Gasteiger partial charge in [-0.25, -0.2) is 0 Å².